The molecule has 0 saturated carbocycles. The van der Waals surface area contributed by atoms with Crippen molar-refractivity contribution in [3.8, 4) is 0 Å². The topological polar surface area (TPSA) is 44.7 Å². The summed E-state index contributed by atoms with van der Waals surface area (Å²) in [7, 11) is 0. The summed E-state index contributed by atoms with van der Waals surface area (Å²) in [5.74, 6) is -0.0735. The van der Waals surface area contributed by atoms with Crippen LogP contribution in [0.2, 0.25) is 0 Å². The number of nitrogens with one attached hydrogen (secondary N) is 1. The molecule has 0 spiro atoms. The third-order valence-electron chi connectivity index (χ3n) is 5.53. The summed E-state index contributed by atoms with van der Waals surface area (Å²) in [4.78, 5) is 20.2. The summed E-state index contributed by atoms with van der Waals surface area (Å²) in [6.45, 7) is 1.82. The highest BCUT2D eigenvalue weighted by Crippen LogP contribution is 2.41. The van der Waals surface area contributed by atoms with E-state index in [1.165, 1.54) is 6.42 Å². The van der Waals surface area contributed by atoms with E-state index in [1.807, 2.05) is 41.4 Å². The Morgan fingerprint density at radius 2 is 1.77 bits per heavy atom. The zero-order chi connectivity index (χ0) is 21.2. The van der Waals surface area contributed by atoms with Gasteiger partial charge in [-0.25, -0.2) is 10.0 Å². The maximum atomic E-state index is 12.9. The Morgan fingerprint density at radius 3 is 2.61 bits per heavy atom. The van der Waals surface area contributed by atoms with Crippen molar-refractivity contribution >= 4 is 45.0 Å². The number of carbonyl (C=O) groups is 1. The van der Waals surface area contributed by atoms with Crippen LogP contribution in [0, 0.1) is 0 Å². The first kappa shape index (κ1) is 20.5. The number of hydrogen-bond acceptors (Lipinski definition) is 4. The van der Waals surface area contributed by atoms with Crippen LogP contribution < -0.4 is 5.43 Å². The average Bonchev–Trinajstić information content (AvgIpc) is 2.96. The molecule has 1 fully saturated rings. The second-order valence-corrected chi connectivity index (χ2v) is 9.74. The molecule has 31 heavy (non-hydrogen) atoms. The fraction of sp³-hybridized carbons (Fsp3) is 0.200. The van der Waals surface area contributed by atoms with Crippen LogP contribution in [-0.4, -0.2) is 29.7 Å². The van der Waals surface area contributed by atoms with Gasteiger partial charge in [-0.15, -0.1) is 0 Å². The van der Waals surface area contributed by atoms with Crippen molar-refractivity contribution in [3.63, 3.8) is 0 Å². The minimum absolute atomic E-state index is 0.0735. The van der Waals surface area contributed by atoms with Crippen molar-refractivity contribution in [2.75, 3.05) is 13.1 Å². The molecule has 1 amide bonds. The van der Waals surface area contributed by atoms with Crippen LogP contribution in [0.3, 0.4) is 0 Å². The fourth-order valence-corrected chi connectivity index (χ4v) is 5.36. The highest BCUT2D eigenvalue weighted by molar-refractivity contribution is 9.10. The van der Waals surface area contributed by atoms with E-state index < -0.39 is 0 Å². The van der Waals surface area contributed by atoms with E-state index in [-0.39, 0.29) is 5.91 Å². The summed E-state index contributed by atoms with van der Waals surface area (Å²) in [5, 5.41) is 2.03. The number of amides is 1. The average molecular weight is 492 g/mol. The lowest BCUT2D eigenvalue weighted by Gasteiger charge is -2.26. The van der Waals surface area contributed by atoms with Gasteiger partial charge in [0.15, 0.2) is 0 Å². The van der Waals surface area contributed by atoms with Gasteiger partial charge in [0, 0.05) is 44.0 Å². The number of hydrogen-bond donors (Lipinski definition) is 1. The molecular formula is C25H22BrN3OS. The van der Waals surface area contributed by atoms with Crippen molar-refractivity contribution in [3.05, 3.63) is 87.9 Å². The lowest BCUT2D eigenvalue weighted by Crippen LogP contribution is -2.45. The number of hydrazine groups is 1. The smallest absolute Gasteiger partial charge is 0.265 e. The number of fused-ring (bicyclic) bond motifs is 2. The van der Waals surface area contributed by atoms with Crippen LogP contribution >= 0.6 is 27.7 Å². The van der Waals surface area contributed by atoms with Crippen molar-refractivity contribution in [1.29, 1.82) is 0 Å². The predicted molar refractivity (Wildman–Crippen MR) is 129 cm³/mol. The zero-order valence-electron chi connectivity index (χ0n) is 17.0. The molecule has 2 heterocycles. The summed E-state index contributed by atoms with van der Waals surface area (Å²) in [6.07, 6.45) is 3.48. The summed E-state index contributed by atoms with van der Waals surface area (Å²) >= 11 is 5.27. The quantitative estimate of drug-likeness (QED) is 0.370. The molecule has 0 aliphatic carbocycles. The number of piperidine rings is 1. The van der Waals surface area contributed by atoms with E-state index in [1.54, 1.807) is 11.8 Å². The zero-order valence-corrected chi connectivity index (χ0v) is 19.4. The van der Waals surface area contributed by atoms with Gasteiger partial charge in [0.25, 0.3) is 5.91 Å². The van der Waals surface area contributed by atoms with E-state index >= 15 is 0 Å². The van der Waals surface area contributed by atoms with Crippen molar-refractivity contribution < 1.29 is 4.79 Å². The van der Waals surface area contributed by atoms with Crippen LogP contribution in [0.1, 0.15) is 40.7 Å². The maximum absolute atomic E-state index is 12.9. The lowest BCUT2D eigenvalue weighted by molar-refractivity contribution is 0.0750. The second-order valence-electron chi connectivity index (χ2n) is 7.74. The highest BCUT2D eigenvalue weighted by atomic mass is 79.9. The molecule has 3 aromatic carbocycles. The SMILES string of the molecule is O=C(NN1CCCCC1)c1ccc2c(c1)N=C(c1cccc(Br)c1)c1ccccc1S2. The van der Waals surface area contributed by atoms with Crippen LogP contribution in [0.15, 0.2) is 86.0 Å². The molecule has 5 rings (SSSR count). The van der Waals surface area contributed by atoms with E-state index in [9.17, 15) is 4.79 Å². The standard InChI is InChI=1S/C25H22BrN3OS/c26-19-8-6-7-17(15-19)24-20-9-2-3-10-22(20)31-23-12-11-18(16-21(23)27-24)25(30)28-29-13-4-1-5-14-29/h2-3,6-12,15-16H,1,4-5,13-14H2,(H,28,30). The minimum atomic E-state index is -0.0735. The summed E-state index contributed by atoms with van der Waals surface area (Å²) in [6, 6.07) is 22.3. The van der Waals surface area contributed by atoms with Gasteiger partial charge >= 0.3 is 0 Å². The van der Waals surface area contributed by atoms with E-state index in [4.69, 9.17) is 4.99 Å². The van der Waals surface area contributed by atoms with Gasteiger partial charge in [-0.3, -0.25) is 10.2 Å². The molecule has 2 aliphatic rings. The Balaban J connectivity index is 1.55. The first-order valence-corrected chi connectivity index (χ1v) is 12.1. The van der Waals surface area contributed by atoms with Gasteiger partial charge in [0.2, 0.25) is 0 Å². The molecule has 0 atom stereocenters. The van der Waals surface area contributed by atoms with E-state index in [0.717, 1.165) is 62.7 Å². The molecule has 3 aromatic rings. The van der Waals surface area contributed by atoms with Crippen LogP contribution in [0.25, 0.3) is 0 Å². The van der Waals surface area contributed by atoms with Gasteiger partial charge in [0.1, 0.15) is 0 Å². The minimum Gasteiger partial charge on any atom is -0.285 e. The van der Waals surface area contributed by atoms with Gasteiger partial charge in [0.05, 0.1) is 11.4 Å². The van der Waals surface area contributed by atoms with Crippen LogP contribution in [-0.2, 0) is 0 Å². The Morgan fingerprint density at radius 1 is 0.935 bits per heavy atom. The molecule has 0 radical (unpaired) electrons. The molecule has 6 heteroatoms. The van der Waals surface area contributed by atoms with Gasteiger partial charge in [-0.2, -0.15) is 0 Å². The first-order valence-electron chi connectivity index (χ1n) is 10.5. The Bertz CT molecular complexity index is 1170. The van der Waals surface area contributed by atoms with Crippen molar-refractivity contribution in [2.24, 2.45) is 4.99 Å². The molecule has 0 bridgehead atoms. The first-order chi connectivity index (χ1) is 15.2. The van der Waals surface area contributed by atoms with Gasteiger partial charge in [-0.1, -0.05) is 64.4 Å². The molecule has 1 N–H and O–H groups in total. The van der Waals surface area contributed by atoms with Crippen molar-refractivity contribution in [2.45, 2.75) is 29.1 Å². The summed E-state index contributed by atoms with van der Waals surface area (Å²) < 4.78 is 1.01. The Labute approximate surface area is 194 Å². The number of benzene rings is 3. The fourth-order valence-electron chi connectivity index (χ4n) is 3.95. The second kappa shape index (κ2) is 8.99. The number of aliphatic imine (C=N–C) groups is 1. The summed E-state index contributed by atoms with van der Waals surface area (Å²) in [5.41, 5.74) is 7.56. The normalized spacial score (nSPS) is 16.0. The molecule has 2 aliphatic heterocycles. The van der Waals surface area contributed by atoms with E-state index in [2.05, 4.69) is 51.7 Å². The van der Waals surface area contributed by atoms with Gasteiger partial charge < -0.3 is 0 Å². The third-order valence-corrected chi connectivity index (χ3v) is 7.16. The Hall–Kier alpha value is -2.41. The largest absolute Gasteiger partial charge is 0.285 e. The molecule has 4 nitrogen and oxygen atoms in total. The van der Waals surface area contributed by atoms with E-state index in [0.29, 0.717) is 5.56 Å². The Kier molecular flexibility index (Phi) is 5.94. The molecule has 0 unspecified atom stereocenters. The molecule has 1 saturated heterocycles. The maximum Gasteiger partial charge on any atom is 0.265 e. The number of nitrogens with zero attached hydrogens (tertiary/aromatic N) is 2. The number of carbonyl (C=O) groups excluding carboxylic acids is 1. The third kappa shape index (κ3) is 4.47. The molecule has 156 valence electrons. The van der Waals surface area contributed by atoms with Crippen molar-refractivity contribution in [1.82, 2.24) is 10.4 Å². The van der Waals surface area contributed by atoms with Gasteiger partial charge in [-0.05, 0) is 49.2 Å². The lowest BCUT2D eigenvalue weighted by atomic mass is 10.0. The molecular weight excluding hydrogens is 470 g/mol. The predicted octanol–water partition coefficient (Wildman–Crippen LogP) is 6.21. The number of rotatable bonds is 3. The number of halogens is 1. The monoisotopic (exact) mass is 491 g/mol. The molecule has 0 aromatic heterocycles. The highest BCUT2D eigenvalue weighted by Gasteiger charge is 2.21. The van der Waals surface area contributed by atoms with Crippen LogP contribution in [0.4, 0.5) is 5.69 Å². The van der Waals surface area contributed by atoms with Crippen LogP contribution in [0.5, 0.6) is 0 Å².